The van der Waals surface area contributed by atoms with Crippen LogP contribution < -0.4 is 5.73 Å². The zero-order valence-electron chi connectivity index (χ0n) is 11.8. The van der Waals surface area contributed by atoms with Crippen LogP contribution in [0.5, 0.6) is 0 Å². The van der Waals surface area contributed by atoms with E-state index in [1.165, 1.54) is 13.3 Å². The van der Waals surface area contributed by atoms with Crippen molar-refractivity contribution in [3.8, 4) is 6.07 Å². The molecular formula is C15H17N3O3. The largest absolute Gasteiger partial charge is 0.465 e. The number of hydrogen-bond donors (Lipinski definition) is 1. The SMILES string of the molecule is COC(=O)/C(C#N)=C/N(CCC(N)=O)Cc1ccccc1. The van der Waals surface area contributed by atoms with Gasteiger partial charge >= 0.3 is 5.97 Å². The van der Waals surface area contributed by atoms with E-state index in [-0.39, 0.29) is 12.0 Å². The van der Waals surface area contributed by atoms with Crippen LogP contribution >= 0.6 is 0 Å². The number of ether oxygens (including phenoxy) is 1. The highest BCUT2D eigenvalue weighted by Gasteiger charge is 2.12. The predicted octanol–water partition coefficient (Wildman–Crippen LogP) is 0.944. The summed E-state index contributed by atoms with van der Waals surface area (Å²) in [6.07, 6.45) is 1.52. The zero-order chi connectivity index (χ0) is 15.7. The van der Waals surface area contributed by atoms with Gasteiger partial charge in [-0.1, -0.05) is 30.3 Å². The number of nitrogens with two attached hydrogens (primary N) is 1. The van der Waals surface area contributed by atoms with Crippen LogP contribution in [0.1, 0.15) is 12.0 Å². The Hall–Kier alpha value is -2.81. The molecule has 1 aromatic carbocycles. The molecule has 0 aliphatic heterocycles. The number of nitriles is 1. The molecule has 0 aliphatic rings. The van der Waals surface area contributed by atoms with Crippen LogP contribution in [-0.2, 0) is 20.9 Å². The van der Waals surface area contributed by atoms with Crippen LogP contribution in [0.2, 0.25) is 0 Å². The van der Waals surface area contributed by atoms with Gasteiger partial charge in [-0.2, -0.15) is 5.26 Å². The molecular weight excluding hydrogens is 270 g/mol. The van der Waals surface area contributed by atoms with Crippen molar-refractivity contribution in [2.75, 3.05) is 13.7 Å². The van der Waals surface area contributed by atoms with Crippen molar-refractivity contribution >= 4 is 11.9 Å². The summed E-state index contributed by atoms with van der Waals surface area (Å²) in [5.74, 6) is -1.16. The Morgan fingerprint density at radius 3 is 2.57 bits per heavy atom. The first-order valence-electron chi connectivity index (χ1n) is 6.33. The summed E-state index contributed by atoms with van der Waals surface area (Å²) >= 11 is 0. The lowest BCUT2D eigenvalue weighted by atomic mass is 10.2. The summed E-state index contributed by atoms with van der Waals surface area (Å²) < 4.78 is 4.53. The highest BCUT2D eigenvalue weighted by atomic mass is 16.5. The summed E-state index contributed by atoms with van der Waals surface area (Å²) in [5.41, 5.74) is 6.00. The van der Waals surface area contributed by atoms with E-state index >= 15 is 0 Å². The Morgan fingerprint density at radius 2 is 2.05 bits per heavy atom. The minimum Gasteiger partial charge on any atom is -0.465 e. The van der Waals surface area contributed by atoms with Crippen molar-refractivity contribution in [2.24, 2.45) is 5.73 Å². The van der Waals surface area contributed by atoms with Crippen molar-refractivity contribution in [2.45, 2.75) is 13.0 Å². The van der Waals surface area contributed by atoms with Crippen LogP contribution in [0.4, 0.5) is 0 Å². The smallest absolute Gasteiger partial charge is 0.350 e. The molecule has 0 bridgehead atoms. The maximum absolute atomic E-state index is 11.4. The fourth-order valence-electron chi connectivity index (χ4n) is 1.68. The van der Waals surface area contributed by atoms with Gasteiger partial charge in [0.2, 0.25) is 5.91 Å². The number of methoxy groups -OCH3 is 1. The Bertz CT molecular complexity index is 561. The third-order valence-electron chi connectivity index (χ3n) is 2.71. The Balaban J connectivity index is 2.91. The molecule has 0 heterocycles. The molecule has 1 aromatic rings. The van der Waals surface area contributed by atoms with Crippen LogP contribution in [-0.4, -0.2) is 30.4 Å². The number of rotatable bonds is 7. The first-order chi connectivity index (χ1) is 10.1. The third-order valence-corrected chi connectivity index (χ3v) is 2.71. The van der Waals surface area contributed by atoms with Gasteiger partial charge in [0, 0.05) is 25.7 Å². The van der Waals surface area contributed by atoms with Gasteiger partial charge in [-0.25, -0.2) is 4.79 Å². The molecule has 6 nitrogen and oxygen atoms in total. The van der Waals surface area contributed by atoms with E-state index in [0.717, 1.165) is 5.56 Å². The number of esters is 1. The van der Waals surface area contributed by atoms with Crippen LogP contribution in [0.3, 0.4) is 0 Å². The van der Waals surface area contributed by atoms with Gasteiger partial charge in [0.25, 0.3) is 0 Å². The number of nitrogens with zero attached hydrogens (tertiary/aromatic N) is 2. The summed E-state index contributed by atoms with van der Waals surface area (Å²) in [5, 5.41) is 8.98. The normalized spacial score (nSPS) is 10.6. The molecule has 6 heteroatoms. The summed E-state index contributed by atoms with van der Waals surface area (Å²) in [7, 11) is 1.21. The lowest BCUT2D eigenvalue weighted by Crippen LogP contribution is -2.24. The van der Waals surface area contributed by atoms with E-state index < -0.39 is 11.9 Å². The van der Waals surface area contributed by atoms with Gasteiger partial charge in [-0.05, 0) is 5.56 Å². The van der Waals surface area contributed by atoms with E-state index in [1.807, 2.05) is 30.3 Å². The second kappa shape index (κ2) is 8.38. The molecule has 0 atom stereocenters. The molecule has 0 aliphatic carbocycles. The van der Waals surface area contributed by atoms with Crippen LogP contribution in [0, 0.1) is 11.3 Å². The number of benzene rings is 1. The van der Waals surface area contributed by atoms with E-state index in [2.05, 4.69) is 4.74 Å². The highest BCUT2D eigenvalue weighted by molar-refractivity contribution is 5.92. The number of amides is 1. The summed E-state index contributed by atoms with van der Waals surface area (Å²) in [6, 6.07) is 11.3. The minimum atomic E-state index is -0.713. The monoisotopic (exact) mass is 287 g/mol. The van der Waals surface area contributed by atoms with Crippen molar-refractivity contribution in [3.05, 3.63) is 47.7 Å². The number of carbonyl (C=O) groups excluding carboxylic acids is 2. The Kier molecular flexibility index (Phi) is 6.48. The average molecular weight is 287 g/mol. The van der Waals surface area contributed by atoms with Crippen molar-refractivity contribution in [3.63, 3.8) is 0 Å². The molecule has 0 spiro atoms. The molecule has 0 fully saturated rings. The van der Waals surface area contributed by atoms with Gasteiger partial charge in [0.1, 0.15) is 6.07 Å². The van der Waals surface area contributed by atoms with Gasteiger partial charge in [0.05, 0.1) is 7.11 Å². The molecule has 0 saturated carbocycles. The molecule has 0 unspecified atom stereocenters. The van der Waals surface area contributed by atoms with Crippen molar-refractivity contribution < 1.29 is 14.3 Å². The second-order valence-electron chi connectivity index (χ2n) is 4.32. The molecule has 21 heavy (non-hydrogen) atoms. The molecule has 1 amide bonds. The Morgan fingerprint density at radius 1 is 1.38 bits per heavy atom. The molecule has 110 valence electrons. The summed E-state index contributed by atoms with van der Waals surface area (Å²) in [6.45, 7) is 0.767. The fourth-order valence-corrected chi connectivity index (χ4v) is 1.68. The quantitative estimate of drug-likeness (QED) is 0.457. The maximum atomic E-state index is 11.4. The van der Waals surface area contributed by atoms with Crippen molar-refractivity contribution in [1.29, 1.82) is 5.26 Å². The van der Waals surface area contributed by atoms with E-state index in [0.29, 0.717) is 13.1 Å². The van der Waals surface area contributed by atoms with Gasteiger partial charge in [0.15, 0.2) is 5.57 Å². The first-order valence-corrected chi connectivity index (χ1v) is 6.33. The third kappa shape index (κ3) is 5.78. The number of hydrogen-bond acceptors (Lipinski definition) is 5. The van der Waals surface area contributed by atoms with E-state index in [4.69, 9.17) is 11.0 Å². The topological polar surface area (TPSA) is 96.4 Å². The number of primary amides is 1. The second-order valence-corrected chi connectivity index (χ2v) is 4.32. The number of carbonyl (C=O) groups is 2. The van der Waals surface area contributed by atoms with Gasteiger partial charge in [-0.3, -0.25) is 4.79 Å². The Labute approximate surface area is 123 Å². The van der Waals surface area contributed by atoms with E-state index in [9.17, 15) is 9.59 Å². The van der Waals surface area contributed by atoms with Gasteiger partial charge in [-0.15, -0.1) is 0 Å². The fraction of sp³-hybridized carbons (Fsp3) is 0.267. The molecule has 0 aromatic heterocycles. The van der Waals surface area contributed by atoms with Gasteiger partial charge < -0.3 is 15.4 Å². The zero-order valence-corrected chi connectivity index (χ0v) is 11.8. The first kappa shape index (κ1) is 16.2. The molecule has 0 radical (unpaired) electrons. The minimum absolute atomic E-state index is 0.127. The van der Waals surface area contributed by atoms with Crippen molar-refractivity contribution in [1.82, 2.24) is 4.90 Å². The molecule has 0 saturated heterocycles. The lowest BCUT2D eigenvalue weighted by molar-refractivity contribution is -0.135. The molecule has 2 N–H and O–H groups in total. The highest BCUT2D eigenvalue weighted by Crippen LogP contribution is 2.08. The maximum Gasteiger partial charge on any atom is 0.350 e. The summed E-state index contributed by atoms with van der Waals surface area (Å²) in [4.78, 5) is 24.0. The standard InChI is InChI=1S/C15H17N3O3/c1-21-15(20)13(9-16)11-18(8-7-14(17)19)10-12-5-3-2-4-6-12/h2-6,11H,7-8,10H2,1H3,(H2,17,19)/b13-11+. The predicted molar refractivity (Wildman–Crippen MR) is 76.4 cm³/mol. The van der Waals surface area contributed by atoms with E-state index in [1.54, 1.807) is 11.0 Å². The van der Waals surface area contributed by atoms with Crippen LogP contribution in [0.15, 0.2) is 42.1 Å². The lowest BCUT2D eigenvalue weighted by Gasteiger charge is -2.20. The molecule has 1 rings (SSSR count). The van der Waals surface area contributed by atoms with Crippen LogP contribution in [0.25, 0.3) is 0 Å². The average Bonchev–Trinajstić information content (AvgIpc) is 2.50.